The van der Waals surface area contributed by atoms with Gasteiger partial charge in [0.1, 0.15) is 0 Å². The summed E-state index contributed by atoms with van der Waals surface area (Å²) in [4.78, 5) is 10.4. The first-order valence-corrected chi connectivity index (χ1v) is 11.3. The normalized spacial score (nSPS) is 11.1. The van der Waals surface area contributed by atoms with Crippen LogP contribution in [0.2, 0.25) is 0 Å². The second-order valence-electron chi connectivity index (χ2n) is 6.87. The third kappa shape index (κ3) is 4.50. The zero-order chi connectivity index (χ0) is 21.7. The summed E-state index contributed by atoms with van der Waals surface area (Å²) in [6.45, 7) is -0.0903. The lowest BCUT2D eigenvalue weighted by atomic mass is 10.0. The molecule has 7 nitrogen and oxygen atoms in total. The highest BCUT2D eigenvalue weighted by Gasteiger charge is 2.16. The molecular formula is C23H19N5O2S. The van der Waals surface area contributed by atoms with E-state index in [-0.39, 0.29) is 17.2 Å². The van der Waals surface area contributed by atoms with E-state index in [1.807, 2.05) is 42.5 Å². The van der Waals surface area contributed by atoms with Crippen LogP contribution in [0.1, 0.15) is 0 Å². The molecule has 4 rings (SSSR count). The molecule has 0 saturated carbocycles. The molecule has 0 saturated heterocycles. The van der Waals surface area contributed by atoms with Gasteiger partial charge < -0.3 is 4.98 Å². The summed E-state index contributed by atoms with van der Waals surface area (Å²) in [6, 6.07) is 22.7. The Morgan fingerprint density at radius 1 is 0.903 bits per heavy atom. The van der Waals surface area contributed by atoms with Crippen molar-refractivity contribution >= 4 is 9.84 Å². The molecule has 154 valence electrons. The average Bonchev–Trinajstić information content (AvgIpc) is 3.26. The van der Waals surface area contributed by atoms with Crippen LogP contribution < -0.4 is 0 Å². The minimum absolute atomic E-state index is 0.0903. The summed E-state index contributed by atoms with van der Waals surface area (Å²) < 4.78 is 24.8. The Labute approximate surface area is 180 Å². The average molecular weight is 430 g/mol. The number of nitrogens with one attached hydrogen (secondary N) is 1. The molecule has 0 unspecified atom stereocenters. The Bertz CT molecular complexity index is 1270. The quantitative estimate of drug-likeness (QED) is 0.238. The lowest BCUT2D eigenvalue weighted by Crippen LogP contribution is -2.08. The molecule has 4 aromatic rings. The van der Waals surface area contributed by atoms with E-state index in [9.17, 15) is 8.42 Å². The summed E-state index contributed by atoms with van der Waals surface area (Å²) in [6.07, 6.45) is 3.51. The number of aromatic amines is 1. The van der Waals surface area contributed by atoms with Crippen LogP contribution in [0.15, 0.2) is 95.2 Å². The van der Waals surface area contributed by atoms with E-state index >= 15 is 0 Å². The second kappa shape index (κ2) is 8.87. The second-order valence-corrected chi connectivity index (χ2v) is 8.98. The van der Waals surface area contributed by atoms with Gasteiger partial charge in [-0.2, -0.15) is 0 Å². The molecule has 2 aromatic carbocycles. The molecule has 0 amide bonds. The highest BCUT2D eigenvalue weighted by molar-refractivity contribution is 7.91. The predicted molar refractivity (Wildman–Crippen MR) is 121 cm³/mol. The van der Waals surface area contributed by atoms with Gasteiger partial charge in [-0.15, -0.1) is 0 Å². The molecule has 8 heteroatoms. The van der Waals surface area contributed by atoms with Gasteiger partial charge >= 0.3 is 0 Å². The lowest BCUT2D eigenvalue weighted by Gasteiger charge is -2.05. The highest BCUT2D eigenvalue weighted by Crippen LogP contribution is 2.35. The molecule has 0 fully saturated rings. The number of nitrogens with zero attached hydrogens (tertiary/aromatic N) is 4. The number of H-pyrrole nitrogens is 1. The molecule has 31 heavy (non-hydrogen) atoms. The number of benzene rings is 2. The van der Waals surface area contributed by atoms with Gasteiger partial charge in [0.15, 0.2) is 9.84 Å². The topological polar surface area (TPSA) is 112 Å². The van der Waals surface area contributed by atoms with Gasteiger partial charge in [-0.05, 0) is 52.6 Å². The van der Waals surface area contributed by atoms with Crippen LogP contribution in [-0.2, 0) is 9.84 Å². The fraction of sp³-hybridized carbons (Fsp3) is 0.0870. The summed E-state index contributed by atoms with van der Waals surface area (Å²) in [7, 11) is -3.50. The van der Waals surface area contributed by atoms with Crippen LogP contribution >= 0.6 is 0 Å². The number of aromatic nitrogens is 2. The van der Waals surface area contributed by atoms with Crippen LogP contribution in [0.5, 0.6) is 0 Å². The first kappa shape index (κ1) is 20.4. The minimum atomic E-state index is -3.50. The van der Waals surface area contributed by atoms with Crippen molar-refractivity contribution in [3.63, 3.8) is 0 Å². The number of rotatable bonds is 7. The molecule has 2 heterocycles. The van der Waals surface area contributed by atoms with Crippen molar-refractivity contribution in [2.75, 3.05) is 12.3 Å². The molecule has 0 atom stereocenters. The summed E-state index contributed by atoms with van der Waals surface area (Å²) >= 11 is 0. The van der Waals surface area contributed by atoms with E-state index in [2.05, 4.69) is 26.1 Å². The molecule has 0 spiro atoms. The fourth-order valence-corrected chi connectivity index (χ4v) is 4.48. The molecule has 1 N–H and O–H groups in total. The first-order valence-electron chi connectivity index (χ1n) is 9.61. The zero-order valence-electron chi connectivity index (χ0n) is 16.5. The Balaban J connectivity index is 1.72. The Kier molecular flexibility index (Phi) is 5.84. The molecule has 0 aliphatic heterocycles. The number of hydrogen-bond acceptors (Lipinski definition) is 4. The Morgan fingerprint density at radius 3 is 2.29 bits per heavy atom. The molecule has 0 radical (unpaired) electrons. The number of azide groups is 1. The van der Waals surface area contributed by atoms with Crippen molar-refractivity contribution in [1.82, 2.24) is 9.97 Å². The molecule has 0 aliphatic rings. The Hall–Kier alpha value is -3.87. The van der Waals surface area contributed by atoms with Crippen molar-refractivity contribution in [3.05, 3.63) is 95.6 Å². The maximum Gasteiger partial charge on any atom is 0.178 e. The SMILES string of the molecule is [N-]=[N+]=NCCS(=O)(=O)c1ccc(-c2cc(-c3ccncc3)c(-c3ccccc3)[nH]2)cc1. The van der Waals surface area contributed by atoms with Gasteiger partial charge in [0.25, 0.3) is 0 Å². The van der Waals surface area contributed by atoms with Crippen molar-refractivity contribution in [1.29, 1.82) is 0 Å². The maximum absolute atomic E-state index is 12.4. The van der Waals surface area contributed by atoms with Gasteiger partial charge in [-0.25, -0.2) is 8.42 Å². The Morgan fingerprint density at radius 2 is 1.61 bits per heavy atom. The highest BCUT2D eigenvalue weighted by atomic mass is 32.2. The monoisotopic (exact) mass is 429 g/mol. The van der Waals surface area contributed by atoms with Gasteiger partial charge in [0.05, 0.1) is 16.3 Å². The number of hydrogen-bond donors (Lipinski definition) is 1. The van der Waals surface area contributed by atoms with Crippen molar-refractivity contribution < 1.29 is 8.42 Å². The van der Waals surface area contributed by atoms with Crippen LogP contribution in [0.25, 0.3) is 44.1 Å². The van der Waals surface area contributed by atoms with Crippen LogP contribution in [-0.4, -0.2) is 30.7 Å². The third-order valence-electron chi connectivity index (χ3n) is 4.92. The smallest absolute Gasteiger partial charge is 0.178 e. The fourth-order valence-electron chi connectivity index (χ4n) is 3.37. The van der Waals surface area contributed by atoms with Gasteiger partial charge in [-0.1, -0.05) is 47.6 Å². The summed E-state index contributed by atoms with van der Waals surface area (Å²) in [5, 5.41) is 3.31. The minimum Gasteiger partial charge on any atom is -0.354 e. The predicted octanol–water partition coefficient (Wildman–Crippen LogP) is 5.49. The molecular weight excluding hydrogens is 410 g/mol. The van der Waals surface area contributed by atoms with Crippen LogP contribution in [0.4, 0.5) is 0 Å². The number of sulfone groups is 1. The molecule has 2 aromatic heterocycles. The van der Waals surface area contributed by atoms with Gasteiger partial charge in [0.2, 0.25) is 0 Å². The lowest BCUT2D eigenvalue weighted by molar-refractivity contribution is 0.596. The first-order chi connectivity index (χ1) is 15.1. The maximum atomic E-state index is 12.4. The van der Waals surface area contributed by atoms with E-state index in [1.54, 1.807) is 36.7 Å². The van der Waals surface area contributed by atoms with E-state index in [0.717, 1.165) is 33.6 Å². The van der Waals surface area contributed by atoms with E-state index < -0.39 is 9.84 Å². The van der Waals surface area contributed by atoms with E-state index in [0.29, 0.717) is 0 Å². The standard InChI is InChI=1S/C23H19N5O2S/c24-28-26-14-15-31(29,30)20-8-6-18(7-9-20)22-16-21(17-10-12-25-13-11-17)23(27-22)19-4-2-1-3-5-19/h1-13,16,27H,14-15H2. The van der Waals surface area contributed by atoms with Crippen molar-refractivity contribution in [2.45, 2.75) is 4.90 Å². The summed E-state index contributed by atoms with van der Waals surface area (Å²) in [5.74, 6) is -0.219. The zero-order valence-corrected chi connectivity index (χ0v) is 17.3. The summed E-state index contributed by atoms with van der Waals surface area (Å²) in [5.41, 5.74) is 14.2. The third-order valence-corrected chi connectivity index (χ3v) is 6.63. The van der Waals surface area contributed by atoms with Crippen molar-refractivity contribution in [2.24, 2.45) is 5.11 Å². The largest absolute Gasteiger partial charge is 0.354 e. The van der Waals surface area contributed by atoms with E-state index in [1.165, 1.54) is 0 Å². The van der Waals surface area contributed by atoms with Gasteiger partial charge in [0, 0.05) is 35.1 Å². The molecule has 0 bridgehead atoms. The molecule has 0 aliphatic carbocycles. The van der Waals surface area contributed by atoms with Crippen LogP contribution in [0.3, 0.4) is 0 Å². The van der Waals surface area contributed by atoms with Crippen LogP contribution in [0, 0.1) is 0 Å². The van der Waals surface area contributed by atoms with Gasteiger partial charge in [-0.3, -0.25) is 4.98 Å². The van der Waals surface area contributed by atoms with E-state index in [4.69, 9.17) is 5.53 Å². The number of pyridine rings is 1. The van der Waals surface area contributed by atoms with Crippen molar-refractivity contribution in [3.8, 4) is 33.6 Å².